The molecule has 15 nitrogen and oxygen atoms in total. The van der Waals surface area contributed by atoms with Crippen LogP contribution in [0.4, 0.5) is 0 Å². The van der Waals surface area contributed by atoms with Crippen LogP contribution in [0, 0.1) is 41.4 Å². The van der Waals surface area contributed by atoms with Crippen LogP contribution in [0.1, 0.15) is 165 Å². The Hall–Kier alpha value is -2.84. The molecule has 0 spiro atoms. The van der Waals surface area contributed by atoms with Crippen LogP contribution in [0.15, 0.2) is 60.7 Å². The van der Waals surface area contributed by atoms with E-state index in [1.807, 2.05) is 118 Å². The summed E-state index contributed by atoms with van der Waals surface area (Å²) in [7, 11) is 0. The molecule has 2 aromatic rings. The zero-order valence-corrected chi connectivity index (χ0v) is 48.5. The van der Waals surface area contributed by atoms with Gasteiger partial charge in [-0.3, -0.25) is 4.79 Å². The van der Waals surface area contributed by atoms with E-state index >= 15 is 0 Å². The molecule has 77 heavy (non-hydrogen) atoms. The summed E-state index contributed by atoms with van der Waals surface area (Å²) in [6.45, 7) is 21.5. The normalized spacial score (nSPS) is 43.2. The van der Waals surface area contributed by atoms with E-state index in [0.29, 0.717) is 70.0 Å². The summed E-state index contributed by atoms with van der Waals surface area (Å²) in [4.78, 5) is 13.2. The predicted molar refractivity (Wildman–Crippen MR) is 292 cm³/mol. The van der Waals surface area contributed by atoms with Crippen LogP contribution in [0.2, 0.25) is 0 Å². The highest BCUT2D eigenvalue weighted by atomic mass is 32.1. The minimum atomic E-state index is -2.04. The molecule has 6 heterocycles. The van der Waals surface area contributed by atoms with Crippen molar-refractivity contribution in [3.05, 3.63) is 66.2 Å². The molecule has 0 aliphatic carbocycles. The van der Waals surface area contributed by atoms with Crippen molar-refractivity contribution in [3.8, 4) is 5.75 Å². The van der Waals surface area contributed by atoms with Gasteiger partial charge in [0.1, 0.15) is 24.1 Å². The molecule has 5 N–H and O–H groups in total. The maximum Gasteiger partial charge on any atom is 0.358 e. The highest BCUT2D eigenvalue weighted by molar-refractivity contribution is 7.79. The Morgan fingerprint density at radius 3 is 2.16 bits per heavy atom. The summed E-state index contributed by atoms with van der Waals surface area (Å²) in [5, 5.41) is 61.3. The number of carbonyl (C=O) groups is 1. The third-order valence-corrected chi connectivity index (χ3v) is 19.5. The summed E-state index contributed by atoms with van der Waals surface area (Å²) in [6.07, 6.45) is 1.02. The fourth-order valence-corrected chi connectivity index (χ4v) is 14.2. The van der Waals surface area contributed by atoms with Crippen molar-refractivity contribution in [1.29, 1.82) is 0 Å². The van der Waals surface area contributed by atoms with Gasteiger partial charge in [0.15, 0.2) is 17.7 Å². The Morgan fingerprint density at radius 1 is 0.779 bits per heavy atom. The number of carbonyl (C=O) groups excluding carboxylic acids is 1. The third-order valence-electron chi connectivity index (χ3n) is 19.3. The first kappa shape index (κ1) is 60.3. The van der Waals surface area contributed by atoms with Gasteiger partial charge >= 0.3 is 11.2 Å². The summed E-state index contributed by atoms with van der Waals surface area (Å²) in [5.41, 5.74) is -2.21. The first-order valence-corrected chi connectivity index (χ1v) is 29.4. The number of benzene rings is 2. The smallest absolute Gasteiger partial charge is 0.358 e. The Balaban J connectivity index is 0.954. The number of para-hydroxylation sites is 1. The van der Waals surface area contributed by atoms with Gasteiger partial charge < -0.3 is 68.2 Å². The van der Waals surface area contributed by atoms with Crippen molar-refractivity contribution >= 4 is 23.4 Å². The summed E-state index contributed by atoms with van der Waals surface area (Å²) in [6, 6.07) is 18.6. The Bertz CT molecular complexity index is 2270. The number of rotatable bonds is 17. The topological polar surface area (TPSA) is 201 Å². The maximum absolute atomic E-state index is 13.2. The molecule has 6 aliphatic rings. The highest BCUT2D eigenvalue weighted by Crippen LogP contribution is 2.56. The van der Waals surface area contributed by atoms with Gasteiger partial charge in [0.2, 0.25) is 5.79 Å². The lowest BCUT2D eigenvalue weighted by atomic mass is 9.76. The van der Waals surface area contributed by atoms with Crippen molar-refractivity contribution in [2.75, 3.05) is 0 Å². The standard InChI is InChI=1S/C61H92O15S/c1-12-50-56(9,64)29-28-51(71-50)57(10)33-40(6)61(67,76-57)58(11)30-27-48(73-58)53(72-55(77)70-44-21-17-14-18-22-44)60(66)39(5)31-37(3)49(75-60)34-59(65)38(4)24-26-47(74-59)41(7)46(62)32-45-25-23-36(2)52(69-45)42(8)54(63)68-35-43-19-15-13-16-20-43/h13-22,36-42,45-53,62,64-67H,12,23-35H2,1-11H3/t36-,37-,38-,39+,40+,41-,42+,45+,46+,47+,48-,49+,50-,51+,52-,53+,56+,57-,58-,59+,60+,61+/m0/s1. The van der Waals surface area contributed by atoms with E-state index in [9.17, 15) is 30.3 Å². The Morgan fingerprint density at radius 2 is 1.47 bits per heavy atom. The van der Waals surface area contributed by atoms with E-state index in [1.165, 1.54) is 0 Å². The molecule has 0 saturated carbocycles. The van der Waals surface area contributed by atoms with Crippen LogP contribution >= 0.6 is 12.2 Å². The Labute approximate surface area is 463 Å². The summed E-state index contributed by atoms with van der Waals surface area (Å²) in [5.74, 6) is -7.45. The number of aliphatic hydroxyl groups excluding tert-OH is 1. The van der Waals surface area contributed by atoms with E-state index in [1.54, 1.807) is 12.1 Å². The number of hydrogen-bond acceptors (Lipinski definition) is 16. The summed E-state index contributed by atoms with van der Waals surface area (Å²) >= 11 is 5.75. The first-order valence-electron chi connectivity index (χ1n) is 29.0. The van der Waals surface area contributed by atoms with Crippen LogP contribution in [0.25, 0.3) is 0 Å². The van der Waals surface area contributed by atoms with Gasteiger partial charge in [0.25, 0.3) is 0 Å². The summed E-state index contributed by atoms with van der Waals surface area (Å²) < 4.78 is 58.9. The average Bonchev–Trinajstić information content (AvgIpc) is 3.95. The van der Waals surface area contributed by atoms with Crippen LogP contribution in [-0.2, 0) is 49.3 Å². The number of hydrogen-bond donors (Lipinski definition) is 5. The fraction of sp³-hybridized carbons (Fsp3) is 0.770. The molecular formula is C61H92O15S. The fourth-order valence-electron chi connectivity index (χ4n) is 14.0. The third kappa shape index (κ3) is 12.8. The second-order valence-corrected chi connectivity index (χ2v) is 25.6. The molecule has 0 bridgehead atoms. The van der Waals surface area contributed by atoms with Gasteiger partial charge in [-0.05, 0) is 134 Å². The van der Waals surface area contributed by atoms with Gasteiger partial charge in [-0.1, -0.05) is 97.0 Å². The quantitative estimate of drug-likeness (QED) is 0.0740. The lowest BCUT2D eigenvalue weighted by Gasteiger charge is -2.52. The van der Waals surface area contributed by atoms with Gasteiger partial charge in [0.05, 0.1) is 59.8 Å². The van der Waals surface area contributed by atoms with Crippen LogP contribution in [0.5, 0.6) is 5.75 Å². The lowest BCUT2D eigenvalue weighted by molar-refractivity contribution is -0.372. The number of aliphatic hydroxyl groups is 5. The molecule has 0 unspecified atom stereocenters. The van der Waals surface area contributed by atoms with Crippen LogP contribution < -0.4 is 4.74 Å². The van der Waals surface area contributed by atoms with Crippen molar-refractivity contribution in [2.45, 2.75) is 255 Å². The minimum Gasteiger partial charge on any atom is -0.461 e. The van der Waals surface area contributed by atoms with Crippen molar-refractivity contribution < 1.29 is 73.0 Å². The first-order chi connectivity index (χ1) is 36.2. The molecule has 16 heteroatoms. The largest absolute Gasteiger partial charge is 0.461 e. The van der Waals surface area contributed by atoms with Gasteiger partial charge in [-0.2, -0.15) is 0 Å². The molecule has 0 amide bonds. The van der Waals surface area contributed by atoms with Crippen molar-refractivity contribution in [3.63, 3.8) is 0 Å². The van der Waals surface area contributed by atoms with E-state index in [0.717, 1.165) is 18.4 Å². The molecule has 432 valence electrons. The average molecular weight is 1100 g/mol. The zero-order valence-electron chi connectivity index (χ0n) is 47.6. The van der Waals surface area contributed by atoms with Gasteiger partial charge in [-0.25, -0.2) is 0 Å². The second kappa shape index (κ2) is 23.9. The highest BCUT2D eigenvalue weighted by Gasteiger charge is 2.68. The van der Waals surface area contributed by atoms with Crippen molar-refractivity contribution in [1.82, 2.24) is 0 Å². The van der Waals surface area contributed by atoms with Crippen LogP contribution in [0.3, 0.4) is 0 Å². The van der Waals surface area contributed by atoms with E-state index in [-0.39, 0.29) is 78.2 Å². The lowest BCUT2D eigenvalue weighted by Crippen LogP contribution is -2.64. The maximum atomic E-state index is 13.2. The second-order valence-electron chi connectivity index (χ2n) is 25.3. The monoisotopic (exact) mass is 1100 g/mol. The molecule has 6 fully saturated rings. The Kier molecular flexibility index (Phi) is 18.7. The van der Waals surface area contributed by atoms with E-state index < -0.39 is 76.5 Å². The predicted octanol–water partition coefficient (Wildman–Crippen LogP) is 9.48. The zero-order chi connectivity index (χ0) is 55.9. The van der Waals surface area contributed by atoms with Crippen LogP contribution in [-0.4, -0.2) is 126 Å². The number of ether oxygens (including phenoxy) is 9. The SMILES string of the molecule is CC[C@@H]1O[C@@H]([C@]2(C)C[C@@H](C)[C@](O)([C@]3(C)CC[C@@H]([C@@H](OC(=S)Oc4ccccc4)[C@]4(O)O[C@H](C[C@@]5(O)O[C@@H]([C@@H](C)[C@H](O)C[C@H]6CC[C@H](C)[C@@H]([C@@H](C)C(=O)OCc7ccccc7)O6)CC[C@@H]5C)[C@@H](C)C[C@H]4C)O3)O2)CC[C@@]1(C)O. The molecular weight excluding hydrogens is 1000 g/mol. The van der Waals surface area contributed by atoms with Gasteiger partial charge in [-0.15, -0.1) is 0 Å². The molecule has 2 aromatic carbocycles. The molecule has 22 atom stereocenters. The van der Waals surface area contributed by atoms with Gasteiger partial charge in [0, 0.05) is 42.3 Å². The number of esters is 1. The molecule has 6 saturated heterocycles. The van der Waals surface area contributed by atoms with E-state index in [4.69, 9.17) is 54.8 Å². The molecule has 0 radical (unpaired) electrons. The molecule has 0 aromatic heterocycles. The number of thiocarbonyl (C=S) groups is 1. The van der Waals surface area contributed by atoms with Crippen molar-refractivity contribution in [2.24, 2.45) is 41.4 Å². The van der Waals surface area contributed by atoms with E-state index in [2.05, 4.69) is 6.92 Å². The molecule has 8 rings (SSSR count). The minimum absolute atomic E-state index is 0.0232. The molecule has 6 aliphatic heterocycles.